The molecule has 5 rings (SSSR count). The molecule has 4 aromatic rings. The Hall–Kier alpha value is -5.08. The summed E-state index contributed by atoms with van der Waals surface area (Å²) in [6, 6.07) is 25.8. The number of hydrogen-bond donors (Lipinski definition) is 1. The van der Waals surface area contributed by atoms with Crippen LogP contribution in [0.25, 0.3) is 6.08 Å². The van der Waals surface area contributed by atoms with Crippen molar-refractivity contribution in [2.75, 3.05) is 12.0 Å². The normalized spacial score (nSPS) is 14.1. The Bertz CT molecular complexity index is 1670. The Morgan fingerprint density at radius 2 is 1.52 bits per heavy atom. The van der Waals surface area contributed by atoms with E-state index in [-0.39, 0.29) is 17.9 Å². The number of nitrogens with one attached hydrogen (secondary N) is 1. The summed E-state index contributed by atoms with van der Waals surface area (Å²) in [6.07, 6.45) is 1.41. The van der Waals surface area contributed by atoms with Crippen molar-refractivity contribution in [3.8, 4) is 17.2 Å². The number of benzene rings is 4. The van der Waals surface area contributed by atoms with E-state index in [9.17, 15) is 14.4 Å². The van der Waals surface area contributed by atoms with E-state index in [1.165, 1.54) is 13.2 Å². The number of barbiturate groups is 1. The number of methoxy groups -OCH3 is 1. The van der Waals surface area contributed by atoms with Gasteiger partial charge in [-0.1, -0.05) is 53.6 Å². The second kappa shape index (κ2) is 12.6. The van der Waals surface area contributed by atoms with Crippen LogP contribution in [0.2, 0.25) is 5.02 Å². The number of aryl methyl sites for hydroxylation is 1. The molecule has 42 heavy (non-hydrogen) atoms. The number of rotatable bonds is 9. The summed E-state index contributed by atoms with van der Waals surface area (Å²) >= 11 is 5.93. The average Bonchev–Trinajstić information content (AvgIpc) is 2.99. The number of ether oxygens (including phenoxy) is 3. The van der Waals surface area contributed by atoms with Crippen LogP contribution in [0.3, 0.4) is 0 Å². The molecule has 0 radical (unpaired) electrons. The van der Waals surface area contributed by atoms with Gasteiger partial charge in [0.15, 0.2) is 0 Å². The van der Waals surface area contributed by atoms with Gasteiger partial charge in [0.05, 0.1) is 12.8 Å². The Morgan fingerprint density at radius 1 is 0.810 bits per heavy atom. The third-order valence-electron chi connectivity index (χ3n) is 6.51. The second-order valence-corrected chi connectivity index (χ2v) is 9.98. The van der Waals surface area contributed by atoms with E-state index in [4.69, 9.17) is 25.8 Å². The van der Waals surface area contributed by atoms with Crippen molar-refractivity contribution in [2.45, 2.75) is 20.1 Å². The zero-order chi connectivity index (χ0) is 29.6. The fourth-order valence-electron chi connectivity index (χ4n) is 4.34. The largest absolute Gasteiger partial charge is 0.497 e. The molecule has 8 nitrogen and oxygen atoms in total. The molecule has 0 saturated carbocycles. The predicted molar refractivity (Wildman–Crippen MR) is 160 cm³/mol. The molecule has 4 aromatic carbocycles. The van der Waals surface area contributed by atoms with Gasteiger partial charge >= 0.3 is 6.03 Å². The first-order chi connectivity index (χ1) is 20.3. The van der Waals surface area contributed by atoms with Crippen LogP contribution in [0, 0.1) is 6.92 Å². The summed E-state index contributed by atoms with van der Waals surface area (Å²) in [5, 5.41) is 2.89. The van der Waals surface area contributed by atoms with Crippen molar-refractivity contribution in [1.82, 2.24) is 5.32 Å². The summed E-state index contributed by atoms with van der Waals surface area (Å²) < 4.78 is 17.2. The van der Waals surface area contributed by atoms with Crippen LogP contribution in [0.15, 0.2) is 96.6 Å². The highest BCUT2D eigenvalue weighted by molar-refractivity contribution is 6.39. The number of amides is 4. The first-order valence-corrected chi connectivity index (χ1v) is 13.4. The van der Waals surface area contributed by atoms with Crippen molar-refractivity contribution < 1.29 is 28.6 Å². The number of imide groups is 2. The van der Waals surface area contributed by atoms with E-state index in [2.05, 4.69) is 5.32 Å². The van der Waals surface area contributed by atoms with Gasteiger partial charge in [-0.15, -0.1) is 0 Å². The van der Waals surface area contributed by atoms with Gasteiger partial charge in [0.25, 0.3) is 11.8 Å². The minimum absolute atomic E-state index is 0.219. The molecular formula is C33H27ClN2O6. The molecule has 9 heteroatoms. The monoisotopic (exact) mass is 582 g/mol. The maximum Gasteiger partial charge on any atom is 0.335 e. The van der Waals surface area contributed by atoms with Gasteiger partial charge in [-0.25, -0.2) is 9.69 Å². The van der Waals surface area contributed by atoms with Crippen LogP contribution < -0.4 is 24.4 Å². The number of halogens is 1. The van der Waals surface area contributed by atoms with E-state index in [0.717, 1.165) is 21.6 Å². The van der Waals surface area contributed by atoms with Crippen LogP contribution in [-0.2, 0) is 22.8 Å². The van der Waals surface area contributed by atoms with Crippen molar-refractivity contribution in [2.24, 2.45) is 0 Å². The highest BCUT2D eigenvalue weighted by Gasteiger charge is 2.37. The molecule has 1 aliphatic heterocycles. The van der Waals surface area contributed by atoms with E-state index in [1.807, 2.05) is 43.3 Å². The second-order valence-electron chi connectivity index (χ2n) is 9.55. The number of anilines is 1. The molecular weight excluding hydrogens is 556 g/mol. The van der Waals surface area contributed by atoms with Gasteiger partial charge in [0.2, 0.25) is 0 Å². The van der Waals surface area contributed by atoms with Gasteiger partial charge in [-0.05, 0) is 72.7 Å². The third-order valence-corrected chi connectivity index (χ3v) is 6.76. The number of hydrogen-bond acceptors (Lipinski definition) is 6. The molecule has 0 atom stereocenters. The van der Waals surface area contributed by atoms with Gasteiger partial charge in [0.1, 0.15) is 36.0 Å². The molecule has 0 aliphatic carbocycles. The lowest BCUT2D eigenvalue weighted by molar-refractivity contribution is -0.122. The van der Waals surface area contributed by atoms with Crippen molar-refractivity contribution in [3.05, 3.63) is 124 Å². The fraction of sp³-hybridized carbons (Fsp3) is 0.121. The van der Waals surface area contributed by atoms with Crippen molar-refractivity contribution in [3.63, 3.8) is 0 Å². The number of carbonyl (C=O) groups excluding carboxylic acids is 3. The predicted octanol–water partition coefficient (Wildman–Crippen LogP) is 6.48. The number of carbonyl (C=O) groups is 3. The Kier molecular flexibility index (Phi) is 8.55. The summed E-state index contributed by atoms with van der Waals surface area (Å²) in [6.45, 7) is 2.58. The molecule has 212 valence electrons. The third kappa shape index (κ3) is 6.62. The topological polar surface area (TPSA) is 94.2 Å². The van der Waals surface area contributed by atoms with Gasteiger partial charge in [-0.3, -0.25) is 14.9 Å². The van der Waals surface area contributed by atoms with E-state index >= 15 is 0 Å². The van der Waals surface area contributed by atoms with Crippen LogP contribution in [-0.4, -0.2) is 25.0 Å². The lowest BCUT2D eigenvalue weighted by Crippen LogP contribution is -2.54. The molecule has 0 spiro atoms. The SMILES string of the molecule is COc1ccc(/C=C2\C(=O)NC(=O)N(c3ccc(OCc4ccc(Cl)cc4)cc3)C2=O)c(OCc2cccc(C)c2)c1. The maximum atomic E-state index is 13.5. The first kappa shape index (κ1) is 28.4. The van der Waals surface area contributed by atoms with Crippen molar-refractivity contribution in [1.29, 1.82) is 0 Å². The van der Waals surface area contributed by atoms with Crippen LogP contribution in [0.5, 0.6) is 17.2 Å². The highest BCUT2D eigenvalue weighted by Crippen LogP contribution is 2.30. The molecule has 1 saturated heterocycles. The first-order valence-electron chi connectivity index (χ1n) is 13.1. The molecule has 1 aliphatic rings. The van der Waals surface area contributed by atoms with Crippen LogP contribution in [0.4, 0.5) is 10.5 Å². The molecule has 0 unspecified atom stereocenters. The van der Waals surface area contributed by atoms with Crippen LogP contribution in [0.1, 0.15) is 22.3 Å². The van der Waals surface area contributed by atoms with E-state index < -0.39 is 17.8 Å². The minimum atomic E-state index is -0.845. The lowest BCUT2D eigenvalue weighted by atomic mass is 10.1. The van der Waals surface area contributed by atoms with Crippen molar-refractivity contribution >= 4 is 41.2 Å². The molecule has 1 N–H and O–H groups in total. The number of nitrogens with zero attached hydrogens (tertiary/aromatic N) is 1. The highest BCUT2D eigenvalue weighted by atomic mass is 35.5. The van der Waals surface area contributed by atoms with Gasteiger partial charge < -0.3 is 14.2 Å². The maximum absolute atomic E-state index is 13.5. The average molecular weight is 583 g/mol. The lowest BCUT2D eigenvalue weighted by Gasteiger charge is -2.26. The minimum Gasteiger partial charge on any atom is -0.497 e. The summed E-state index contributed by atoms with van der Waals surface area (Å²) in [7, 11) is 1.54. The zero-order valence-electron chi connectivity index (χ0n) is 22.9. The Morgan fingerprint density at radius 3 is 2.24 bits per heavy atom. The smallest absolute Gasteiger partial charge is 0.335 e. The molecule has 1 heterocycles. The summed E-state index contributed by atoms with van der Waals surface area (Å²) in [4.78, 5) is 39.9. The fourth-order valence-corrected chi connectivity index (χ4v) is 4.46. The Balaban J connectivity index is 1.36. The molecule has 0 aromatic heterocycles. The molecule has 0 bridgehead atoms. The van der Waals surface area contributed by atoms with Crippen LogP contribution >= 0.6 is 11.6 Å². The molecule has 1 fully saturated rings. The van der Waals surface area contributed by atoms with Gasteiger partial charge in [0, 0.05) is 16.7 Å². The number of urea groups is 1. The Labute approximate surface area is 248 Å². The van der Waals surface area contributed by atoms with E-state index in [1.54, 1.807) is 54.6 Å². The zero-order valence-corrected chi connectivity index (χ0v) is 23.7. The summed E-state index contributed by atoms with van der Waals surface area (Å²) in [5.74, 6) is -0.0664. The quantitative estimate of drug-likeness (QED) is 0.179. The standard InChI is InChI=1S/C33H27ClN2O6/c1-21-4-3-5-23(16-21)20-42-30-18-28(40-2)13-8-24(30)17-29-31(37)35-33(39)36(32(29)38)26-11-14-27(15-12-26)41-19-22-6-9-25(34)10-7-22/h3-18H,19-20H2,1-2H3,(H,35,37,39)/b29-17+. The molecule has 4 amide bonds. The van der Waals surface area contributed by atoms with Gasteiger partial charge in [-0.2, -0.15) is 0 Å². The summed E-state index contributed by atoms with van der Waals surface area (Å²) in [5.41, 5.74) is 3.52. The van der Waals surface area contributed by atoms with E-state index in [0.29, 0.717) is 34.4 Å².